The molecule has 1 aliphatic rings. The Morgan fingerprint density at radius 1 is 1.11 bits per heavy atom. The number of rotatable bonds is 7. The first-order valence-corrected chi connectivity index (χ1v) is 11.8. The van der Waals surface area contributed by atoms with E-state index in [1.54, 1.807) is 14.0 Å². The number of carbonyl (C=O) groups is 1. The second-order valence-corrected chi connectivity index (χ2v) is 9.37. The first-order valence-electron chi connectivity index (χ1n) is 11.8. The number of hydrogen-bond donors (Lipinski definition) is 1. The van der Waals surface area contributed by atoms with Crippen LogP contribution in [-0.4, -0.2) is 19.1 Å². The molecule has 1 aliphatic carbocycles. The fraction of sp³-hybridized carbons (Fsp3) is 0.414. The Kier molecular flexibility index (Phi) is 9.90. The second-order valence-electron chi connectivity index (χ2n) is 9.37. The van der Waals surface area contributed by atoms with E-state index in [0.717, 1.165) is 29.7 Å². The minimum atomic E-state index is -4.41. The number of benzene rings is 1. The Morgan fingerprint density at radius 3 is 2.40 bits per heavy atom. The number of amides is 1. The van der Waals surface area contributed by atoms with Crippen molar-refractivity contribution in [1.82, 2.24) is 0 Å². The number of allylic oxidation sites excluding steroid dienone is 8. The van der Waals surface area contributed by atoms with Crippen molar-refractivity contribution in [3.05, 3.63) is 88.1 Å². The van der Waals surface area contributed by atoms with Crippen LogP contribution >= 0.6 is 0 Å². The van der Waals surface area contributed by atoms with Crippen LogP contribution in [0.5, 0.6) is 0 Å². The Labute approximate surface area is 207 Å². The minimum absolute atomic E-state index is 0.261. The van der Waals surface area contributed by atoms with Crippen LogP contribution in [0.25, 0.3) is 0 Å². The third-order valence-electron chi connectivity index (χ3n) is 6.58. The van der Waals surface area contributed by atoms with E-state index in [4.69, 9.17) is 4.74 Å². The Morgan fingerprint density at radius 2 is 1.80 bits per heavy atom. The molecule has 1 N–H and O–H groups in total. The number of halogens is 3. The highest BCUT2D eigenvalue weighted by molar-refractivity contribution is 6.00. The zero-order valence-corrected chi connectivity index (χ0v) is 21.6. The van der Waals surface area contributed by atoms with Crippen molar-refractivity contribution in [3.8, 4) is 0 Å². The van der Waals surface area contributed by atoms with Gasteiger partial charge in [0, 0.05) is 18.9 Å². The van der Waals surface area contributed by atoms with Crippen molar-refractivity contribution in [2.45, 2.75) is 60.2 Å². The molecule has 1 aromatic rings. The third kappa shape index (κ3) is 8.10. The molecule has 3 nitrogen and oxygen atoms in total. The van der Waals surface area contributed by atoms with Gasteiger partial charge in [-0.3, -0.25) is 4.79 Å². The van der Waals surface area contributed by atoms with Crippen LogP contribution < -0.4 is 5.32 Å². The molecule has 0 spiro atoms. The smallest absolute Gasteiger partial charge is 0.381 e. The minimum Gasteiger partial charge on any atom is -0.381 e. The molecule has 1 aromatic carbocycles. The van der Waals surface area contributed by atoms with E-state index in [-0.39, 0.29) is 6.10 Å². The van der Waals surface area contributed by atoms with Gasteiger partial charge in [-0.2, -0.15) is 13.2 Å². The molecule has 3 unspecified atom stereocenters. The number of anilines is 1. The summed E-state index contributed by atoms with van der Waals surface area (Å²) in [5.74, 6) is 0.482. The highest BCUT2D eigenvalue weighted by Gasteiger charge is 2.31. The van der Waals surface area contributed by atoms with Gasteiger partial charge in [-0.1, -0.05) is 55.4 Å². The van der Waals surface area contributed by atoms with Crippen molar-refractivity contribution in [1.29, 1.82) is 0 Å². The molecule has 0 saturated heterocycles. The summed E-state index contributed by atoms with van der Waals surface area (Å²) in [6.07, 6.45) is 8.15. The number of carbonyl (C=O) groups excluding carboxylic acids is 1. The van der Waals surface area contributed by atoms with Crippen molar-refractivity contribution in [2.24, 2.45) is 11.8 Å². The maximum Gasteiger partial charge on any atom is 0.416 e. The zero-order valence-electron chi connectivity index (χ0n) is 21.6. The van der Waals surface area contributed by atoms with Crippen LogP contribution in [-0.2, 0) is 15.7 Å². The maximum absolute atomic E-state index is 12.8. The largest absolute Gasteiger partial charge is 0.416 e. The normalized spacial score (nSPS) is 22.4. The van der Waals surface area contributed by atoms with Gasteiger partial charge in [0.25, 0.3) is 0 Å². The van der Waals surface area contributed by atoms with Gasteiger partial charge in [-0.15, -0.1) is 0 Å². The van der Waals surface area contributed by atoms with Crippen LogP contribution in [0.15, 0.2) is 76.9 Å². The van der Waals surface area contributed by atoms with Crippen LogP contribution in [0.4, 0.5) is 18.9 Å². The van der Waals surface area contributed by atoms with E-state index >= 15 is 0 Å². The molecule has 1 amide bonds. The molecule has 0 aromatic heterocycles. The van der Waals surface area contributed by atoms with E-state index in [1.807, 2.05) is 25.2 Å². The number of alkyl halides is 3. The van der Waals surface area contributed by atoms with Crippen molar-refractivity contribution >= 4 is 11.6 Å². The third-order valence-corrected chi connectivity index (χ3v) is 6.58. The Balaban J connectivity index is 2.00. The van der Waals surface area contributed by atoms with E-state index in [0.29, 0.717) is 23.1 Å². The van der Waals surface area contributed by atoms with E-state index in [1.165, 1.54) is 30.2 Å². The lowest BCUT2D eigenvalue weighted by Gasteiger charge is -2.35. The molecular weight excluding hydrogens is 451 g/mol. The predicted molar refractivity (Wildman–Crippen MR) is 137 cm³/mol. The van der Waals surface area contributed by atoms with Gasteiger partial charge in [0.2, 0.25) is 5.91 Å². The average Bonchev–Trinajstić information content (AvgIpc) is 2.76. The molecule has 0 bridgehead atoms. The molecule has 3 atom stereocenters. The predicted octanol–water partition coefficient (Wildman–Crippen LogP) is 7.96. The van der Waals surface area contributed by atoms with Crippen LogP contribution in [0.3, 0.4) is 0 Å². The lowest BCUT2D eigenvalue weighted by atomic mass is 9.75. The second kappa shape index (κ2) is 12.2. The summed E-state index contributed by atoms with van der Waals surface area (Å²) in [5, 5.41) is 2.64. The monoisotopic (exact) mass is 487 g/mol. The molecule has 35 heavy (non-hydrogen) atoms. The number of hydrogen-bond acceptors (Lipinski definition) is 2. The molecule has 0 aliphatic heterocycles. The summed E-state index contributed by atoms with van der Waals surface area (Å²) in [6.45, 7) is 12.0. The summed E-state index contributed by atoms with van der Waals surface area (Å²) in [6, 6.07) is 3.26. The maximum atomic E-state index is 12.8. The molecule has 0 fully saturated rings. The molecule has 0 radical (unpaired) electrons. The first-order chi connectivity index (χ1) is 16.3. The summed E-state index contributed by atoms with van der Waals surface area (Å²) < 4.78 is 44.1. The number of aryl methyl sites for hydroxylation is 1. The zero-order chi connectivity index (χ0) is 26.3. The van der Waals surface area contributed by atoms with Gasteiger partial charge in [-0.25, -0.2) is 0 Å². The summed E-state index contributed by atoms with van der Waals surface area (Å²) in [7, 11) is 1.77. The fourth-order valence-corrected chi connectivity index (χ4v) is 4.22. The standard InChI is InChI=1S/C29H36F3NO2/c1-18(11-13-25-20(3)17-27(35-7)23(6)22(25)5)9-8-10-19(2)15-28(34)33-26-14-12-24(16-21(26)4)29(30,31)32/h8-16,22-23,27H,17H2,1-7H3,(H,33,34)/b10-8+,13-11+,18-9+,19-15+. The first kappa shape index (κ1) is 28.4. The lowest BCUT2D eigenvalue weighted by molar-refractivity contribution is -0.137. The molecule has 0 heterocycles. The number of methoxy groups -OCH3 is 1. The molecule has 190 valence electrons. The van der Waals surface area contributed by atoms with E-state index in [2.05, 4.69) is 38.2 Å². The molecule has 0 saturated carbocycles. The van der Waals surface area contributed by atoms with Gasteiger partial charge < -0.3 is 10.1 Å². The van der Waals surface area contributed by atoms with Crippen molar-refractivity contribution in [2.75, 3.05) is 12.4 Å². The summed E-state index contributed by atoms with van der Waals surface area (Å²) in [4.78, 5) is 12.3. The van der Waals surface area contributed by atoms with Gasteiger partial charge >= 0.3 is 6.18 Å². The molecule has 6 heteroatoms. The van der Waals surface area contributed by atoms with Crippen LogP contribution in [0.2, 0.25) is 0 Å². The Bertz CT molecular complexity index is 1070. The van der Waals surface area contributed by atoms with Crippen molar-refractivity contribution < 1.29 is 22.7 Å². The SMILES string of the molecule is COC1CC(C)=C(/C=C/C(C)=C/C=C/C(C)=C/C(=O)Nc2ccc(C(F)(F)F)cc2C)C(C)C1C. The van der Waals surface area contributed by atoms with Crippen LogP contribution in [0, 0.1) is 18.8 Å². The van der Waals surface area contributed by atoms with E-state index < -0.39 is 17.6 Å². The molecule has 2 rings (SSSR count). The fourth-order valence-electron chi connectivity index (χ4n) is 4.22. The van der Waals surface area contributed by atoms with Gasteiger partial charge in [-0.05, 0) is 80.9 Å². The van der Waals surface area contributed by atoms with Gasteiger partial charge in [0.15, 0.2) is 0 Å². The number of nitrogens with one attached hydrogen (secondary N) is 1. The van der Waals surface area contributed by atoms with Gasteiger partial charge in [0.05, 0.1) is 11.7 Å². The van der Waals surface area contributed by atoms with Gasteiger partial charge in [0.1, 0.15) is 0 Å². The van der Waals surface area contributed by atoms with Crippen LogP contribution in [0.1, 0.15) is 52.2 Å². The molecular formula is C29H36F3NO2. The summed E-state index contributed by atoms with van der Waals surface area (Å²) in [5.41, 5.74) is 4.47. The Hall–Kier alpha value is -2.86. The average molecular weight is 488 g/mol. The van der Waals surface area contributed by atoms with Crippen molar-refractivity contribution in [3.63, 3.8) is 0 Å². The quantitative estimate of drug-likeness (QED) is 0.313. The topological polar surface area (TPSA) is 38.3 Å². The number of ether oxygens (including phenoxy) is 1. The summed E-state index contributed by atoms with van der Waals surface area (Å²) >= 11 is 0. The lowest BCUT2D eigenvalue weighted by Crippen LogP contribution is -2.31. The highest BCUT2D eigenvalue weighted by Crippen LogP contribution is 2.36. The highest BCUT2D eigenvalue weighted by atomic mass is 19.4. The van der Waals surface area contributed by atoms with E-state index in [9.17, 15) is 18.0 Å².